The number of aromatic amines is 1. The number of carbonyl (C=O) groups excluding carboxylic acids is 1. The smallest absolute Gasteiger partial charge is 0.341 e. The van der Waals surface area contributed by atoms with Gasteiger partial charge in [-0.2, -0.15) is 0 Å². The SMILES string of the molecule is O=C(Cn1cc([N+](=O)[O-])c(=O)[nH]c1=O)N1CCCCC1. The minimum atomic E-state index is -1.07. The molecule has 0 aromatic carbocycles. The Morgan fingerprint density at radius 3 is 2.55 bits per heavy atom. The second kappa shape index (κ2) is 5.68. The van der Waals surface area contributed by atoms with Gasteiger partial charge >= 0.3 is 16.9 Å². The van der Waals surface area contributed by atoms with Gasteiger partial charge in [-0.1, -0.05) is 0 Å². The summed E-state index contributed by atoms with van der Waals surface area (Å²) in [5.41, 5.74) is -2.65. The molecule has 1 aromatic rings. The van der Waals surface area contributed by atoms with Crippen molar-refractivity contribution in [3.05, 3.63) is 37.1 Å². The van der Waals surface area contributed by atoms with Gasteiger partial charge < -0.3 is 4.90 Å². The van der Waals surface area contributed by atoms with Crippen molar-refractivity contribution >= 4 is 11.6 Å². The molecule has 0 spiro atoms. The van der Waals surface area contributed by atoms with Gasteiger partial charge in [0.05, 0.1) is 11.1 Å². The summed E-state index contributed by atoms with van der Waals surface area (Å²) >= 11 is 0. The highest BCUT2D eigenvalue weighted by atomic mass is 16.6. The first kappa shape index (κ1) is 14.0. The molecule has 1 N–H and O–H groups in total. The lowest BCUT2D eigenvalue weighted by atomic mass is 10.1. The van der Waals surface area contributed by atoms with Crippen LogP contribution in [0, 0.1) is 10.1 Å². The van der Waals surface area contributed by atoms with Gasteiger partial charge in [0, 0.05) is 13.1 Å². The number of hydrogen-bond acceptors (Lipinski definition) is 5. The lowest BCUT2D eigenvalue weighted by Gasteiger charge is -2.26. The lowest BCUT2D eigenvalue weighted by molar-refractivity contribution is -0.386. The van der Waals surface area contributed by atoms with Crippen molar-refractivity contribution in [2.75, 3.05) is 13.1 Å². The molecular formula is C11H14N4O5. The fraction of sp³-hybridized carbons (Fsp3) is 0.545. The Hall–Kier alpha value is -2.45. The number of nitrogens with zero attached hydrogens (tertiary/aromatic N) is 3. The van der Waals surface area contributed by atoms with Gasteiger partial charge in [-0.25, -0.2) is 4.79 Å². The molecule has 1 aromatic heterocycles. The zero-order chi connectivity index (χ0) is 14.7. The lowest BCUT2D eigenvalue weighted by Crippen LogP contribution is -2.41. The summed E-state index contributed by atoms with van der Waals surface area (Å²) in [6.45, 7) is 0.939. The number of piperidine rings is 1. The highest BCUT2D eigenvalue weighted by molar-refractivity contribution is 5.76. The van der Waals surface area contributed by atoms with Crippen LogP contribution in [-0.4, -0.2) is 38.4 Å². The summed E-state index contributed by atoms with van der Waals surface area (Å²) in [6.07, 6.45) is 3.69. The molecule has 1 aliphatic heterocycles. The molecule has 1 aliphatic rings. The van der Waals surface area contributed by atoms with E-state index in [1.165, 1.54) is 0 Å². The zero-order valence-electron chi connectivity index (χ0n) is 10.7. The molecule has 9 nitrogen and oxygen atoms in total. The van der Waals surface area contributed by atoms with Gasteiger partial charge in [0.2, 0.25) is 5.91 Å². The number of nitrogens with one attached hydrogen (secondary N) is 1. The van der Waals surface area contributed by atoms with E-state index in [9.17, 15) is 24.5 Å². The van der Waals surface area contributed by atoms with Crippen molar-refractivity contribution in [3.63, 3.8) is 0 Å². The molecule has 0 bridgehead atoms. The number of likely N-dealkylation sites (tertiary alicyclic amines) is 1. The van der Waals surface area contributed by atoms with Crippen molar-refractivity contribution in [2.45, 2.75) is 25.8 Å². The van der Waals surface area contributed by atoms with E-state index in [4.69, 9.17) is 0 Å². The maximum absolute atomic E-state index is 12.0. The van der Waals surface area contributed by atoms with Crippen LogP contribution in [-0.2, 0) is 11.3 Å². The number of amides is 1. The van der Waals surface area contributed by atoms with E-state index in [1.54, 1.807) is 4.90 Å². The van der Waals surface area contributed by atoms with Crippen LogP contribution < -0.4 is 11.2 Å². The highest BCUT2D eigenvalue weighted by Gasteiger charge is 2.20. The van der Waals surface area contributed by atoms with E-state index in [0.717, 1.165) is 30.0 Å². The Bertz CT molecular complexity index is 641. The van der Waals surface area contributed by atoms with Gasteiger partial charge in [-0.05, 0) is 19.3 Å². The molecule has 1 amide bonds. The average molecular weight is 282 g/mol. The normalized spacial score (nSPS) is 15.1. The molecule has 0 saturated carbocycles. The third kappa shape index (κ3) is 2.92. The second-order valence-corrected chi connectivity index (χ2v) is 4.60. The maximum Gasteiger partial charge on any atom is 0.350 e. The molecule has 0 atom stereocenters. The number of H-pyrrole nitrogens is 1. The Labute approximate surface area is 113 Å². The highest BCUT2D eigenvalue weighted by Crippen LogP contribution is 2.09. The monoisotopic (exact) mass is 282 g/mol. The summed E-state index contributed by atoms with van der Waals surface area (Å²) in [6, 6.07) is 0. The molecule has 2 heterocycles. The van der Waals surface area contributed by atoms with Gasteiger partial charge in [-0.15, -0.1) is 0 Å². The van der Waals surface area contributed by atoms with Crippen LogP contribution in [0.1, 0.15) is 19.3 Å². The molecule has 20 heavy (non-hydrogen) atoms. The maximum atomic E-state index is 12.0. The minimum Gasteiger partial charge on any atom is -0.341 e. The van der Waals surface area contributed by atoms with Gasteiger partial charge in [-0.3, -0.25) is 29.3 Å². The zero-order valence-corrected chi connectivity index (χ0v) is 10.7. The Morgan fingerprint density at radius 2 is 1.95 bits per heavy atom. The molecule has 108 valence electrons. The Balaban J connectivity index is 2.22. The molecule has 0 aliphatic carbocycles. The minimum absolute atomic E-state index is 0.284. The molecule has 1 fully saturated rings. The Morgan fingerprint density at radius 1 is 1.30 bits per heavy atom. The fourth-order valence-electron chi connectivity index (χ4n) is 2.13. The van der Waals surface area contributed by atoms with Crippen molar-refractivity contribution < 1.29 is 9.72 Å². The Kier molecular flexibility index (Phi) is 3.97. The topological polar surface area (TPSA) is 118 Å². The standard InChI is InChI=1S/C11H14N4O5/c16-9(13-4-2-1-3-5-13)7-14-6-8(15(19)20)10(17)12-11(14)18/h6H,1-5,7H2,(H,12,17,18). The van der Waals surface area contributed by atoms with Crippen LogP contribution in [0.25, 0.3) is 0 Å². The van der Waals surface area contributed by atoms with Crippen LogP contribution in [0.2, 0.25) is 0 Å². The second-order valence-electron chi connectivity index (χ2n) is 4.60. The van der Waals surface area contributed by atoms with Gasteiger partial charge in [0.25, 0.3) is 0 Å². The van der Waals surface area contributed by atoms with Gasteiger partial charge in [0.1, 0.15) is 6.54 Å². The molecule has 0 radical (unpaired) electrons. The van der Waals surface area contributed by atoms with Crippen LogP contribution in [0.15, 0.2) is 15.8 Å². The number of hydrogen-bond donors (Lipinski definition) is 1. The molecule has 1 saturated heterocycles. The fourth-order valence-corrected chi connectivity index (χ4v) is 2.13. The predicted molar refractivity (Wildman–Crippen MR) is 68.4 cm³/mol. The third-order valence-electron chi connectivity index (χ3n) is 3.20. The van der Waals surface area contributed by atoms with Crippen LogP contribution >= 0.6 is 0 Å². The molecule has 0 unspecified atom stereocenters. The summed E-state index contributed by atoms with van der Waals surface area (Å²) in [5, 5.41) is 10.6. The van der Waals surface area contributed by atoms with Gasteiger partial charge in [0.15, 0.2) is 0 Å². The number of nitro groups is 1. The van der Waals surface area contributed by atoms with Crippen molar-refractivity contribution in [1.29, 1.82) is 0 Å². The predicted octanol–water partition coefficient (Wildman–Crippen LogP) is -0.543. The van der Waals surface area contributed by atoms with E-state index < -0.39 is 21.9 Å². The van der Waals surface area contributed by atoms with Crippen molar-refractivity contribution in [2.24, 2.45) is 0 Å². The van der Waals surface area contributed by atoms with Crippen LogP contribution in [0.4, 0.5) is 5.69 Å². The van der Waals surface area contributed by atoms with E-state index in [2.05, 4.69) is 0 Å². The first-order valence-corrected chi connectivity index (χ1v) is 6.25. The number of carbonyl (C=O) groups is 1. The summed E-state index contributed by atoms with van der Waals surface area (Å²) in [4.78, 5) is 48.0. The first-order chi connectivity index (χ1) is 9.49. The number of aromatic nitrogens is 2. The van der Waals surface area contributed by atoms with E-state index in [0.29, 0.717) is 13.1 Å². The van der Waals surface area contributed by atoms with Crippen molar-refractivity contribution in [3.8, 4) is 0 Å². The van der Waals surface area contributed by atoms with E-state index in [1.807, 2.05) is 4.98 Å². The molecular weight excluding hydrogens is 268 g/mol. The molecule has 2 rings (SSSR count). The van der Waals surface area contributed by atoms with E-state index in [-0.39, 0.29) is 12.5 Å². The van der Waals surface area contributed by atoms with Crippen LogP contribution in [0.5, 0.6) is 0 Å². The summed E-state index contributed by atoms with van der Waals surface area (Å²) in [7, 11) is 0. The number of rotatable bonds is 3. The molecule has 9 heteroatoms. The third-order valence-corrected chi connectivity index (χ3v) is 3.20. The quantitative estimate of drug-likeness (QED) is 0.589. The largest absolute Gasteiger partial charge is 0.350 e. The summed E-state index contributed by atoms with van der Waals surface area (Å²) < 4.78 is 0.858. The first-order valence-electron chi connectivity index (χ1n) is 6.25. The average Bonchev–Trinajstić information content (AvgIpc) is 2.42. The van der Waals surface area contributed by atoms with E-state index >= 15 is 0 Å². The summed E-state index contributed by atoms with van der Waals surface area (Å²) in [5.74, 6) is -0.284. The van der Waals surface area contributed by atoms with Crippen LogP contribution in [0.3, 0.4) is 0 Å². The van der Waals surface area contributed by atoms with Crippen molar-refractivity contribution in [1.82, 2.24) is 14.5 Å².